The van der Waals surface area contributed by atoms with E-state index in [1.807, 2.05) is 0 Å². The van der Waals surface area contributed by atoms with Crippen LogP contribution in [0, 0.1) is 11.8 Å². The number of aliphatic hydroxyl groups excluding tert-OH is 2. The molecule has 3 nitrogen and oxygen atoms in total. The highest BCUT2D eigenvalue weighted by Gasteiger charge is 2.24. The largest absolute Gasteiger partial charge is 0.400 e. The third-order valence-electron chi connectivity index (χ3n) is 2.37. The van der Waals surface area contributed by atoms with E-state index in [0.717, 1.165) is 26.1 Å². The van der Waals surface area contributed by atoms with Crippen molar-refractivity contribution in [1.29, 1.82) is 0 Å². The van der Waals surface area contributed by atoms with Crippen molar-refractivity contribution in [2.75, 3.05) is 26.8 Å². The summed E-state index contributed by atoms with van der Waals surface area (Å²) in [5.41, 5.74) is 0. The summed E-state index contributed by atoms with van der Waals surface area (Å²) in [6, 6.07) is 0. The van der Waals surface area contributed by atoms with Crippen LogP contribution in [-0.4, -0.2) is 37.0 Å². The van der Waals surface area contributed by atoms with Gasteiger partial charge in [-0.25, -0.2) is 0 Å². The summed E-state index contributed by atoms with van der Waals surface area (Å²) < 4.78 is 0. The first kappa shape index (κ1) is 11.9. The van der Waals surface area contributed by atoms with Crippen LogP contribution >= 0.6 is 0 Å². The molecule has 1 aliphatic heterocycles. The van der Waals surface area contributed by atoms with Gasteiger partial charge >= 0.3 is 0 Å². The predicted molar refractivity (Wildman–Crippen MR) is 50.0 cm³/mol. The van der Waals surface area contributed by atoms with Crippen molar-refractivity contribution in [3.8, 4) is 0 Å². The molecule has 1 rings (SSSR count). The topological polar surface area (TPSA) is 52.5 Å². The first-order valence-electron chi connectivity index (χ1n) is 4.64. The van der Waals surface area contributed by atoms with Crippen LogP contribution in [0.25, 0.3) is 0 Å². The Labute approximate surface area is 74.8 Å². The van der Waals surface area contributed by atoms with Gasteiger partial charge in [-0.15, -0.1) is 0 Å². The molecular weight excluding hydrogens is 154 g/mol. The fraction of sp³-hybridized carbons (Fsp3) is 1.00. The summed E-state index contributed by atoms with van der Waals surface area (Å²) in [4.78, 5) is 0. The zero-order valence-electron chi connectivity index (χ0n) is 8.08. The molecule has 3 N–H and O–H groups in total. The van der Waals surface area contributed by atoms with Gasteiger partial charge in [0, 0.05) is 20.3 Å². The maximum Gasteiger partial charge on any atom is 0.0474 e. The molecule has 1 aliphatic rings. The number of nitrogens with one attached hydrogen (secondary N) is 1. The van der Waals surface area contributed by atoms with Crippen LogP contribution < -0.4 is 5.32 Å². The average molecular weight is 175 g/mol. The van der Waals surface area contributed by atoms with E-state index in [4.69, 9.17) is 10.2 Å². The van der Waals surface area contributed by atoms with Gasteiger partial charge in [0.2, 0.25) is 0 Å². The van der Waals surface area contributed by atoms with Gasteiger partial charge in [-0.2, -0.15) is 0 Å². The SMILES string of the molecule is CCC[C@H]1CNCC1CO.CO. The third kappa shape index (κ3) is 3.52. The van der Waals surface area contributed by atoms with Crippen LogP contribution in [0.5, 0.6) is 0 Å². The van der Waals surface area contributed by atoms with Crippen LogP contribution in [0.15, 0.2) is 0 Å². The molecule has 0 amide bonds. The molecule has 2 atom stereocenters. The predicted octanol–water partition coefficient (Wildman–Crippen LogP) is 0.223. The van der Waals surface area contributed by atoms with Gasteiger partial charge in [0.15, 0.2) is 0 Å². The summed E-state index contributed by atoms with van der Waals surface area (Å²) in [7, 11) is 1.00. The molecule has 0 bridgehead atoms. The van der Waals surface area contributed by atoms with E-state index in [1.165, 1.54) is 12.8 Å². The minimum absolute atomic E-state index is 0.359. The maximum atomic E-state index is 8.92. The van der Waals surface area contributed by atoms with Crippen LogP contribution in [0.3, 0.4) is 0 Å². The minimum atomic E-state index is 0.359. The first-order valence-corrected chi connectivity index (χ1v) is 4.64. The highest BCUT2D eigenvalue weighted by molar-refractivity contribution is 4.79. The van der Waals surface area contributed by atoms with Crippen molar-refractivity contribution in [3.63, 3.8) is 0 Å². The van der Waals surface area contributed by atoms with Gasteiger partial charge < -0.3 is 15.5 Å². The number of aliphatic hydroxyl groups is 2. The Kier molecular flexibility index (Phi) is 7.45. The quantitative estimate of drug-likeness (QED) is 0.575. The van der Waals surface area contributed by atoms with Crippen LogP contribution in [-0.2, 0) is 0 Å². The molecule has 0 aliphatic carbocycles. The normalized spacial score (nSPS) is 28.0. The Morgan fingerprint density at radius 1 is 1.25 bits per heavy atom. The molecule has 1 saturated heterocycles. The molecular formula is C9H21NO2. The Bertz CT molecular complexity index is 98.5. The summed E-state index contributed by atoms with van der Waals surface area (Å²) >= 11 is 0. The van der Waals surface area contributed by atoms with Gasteiger partial charge in [-0.05, 0) is 24.8 Å². The molecule has 74 valence electrons. The van der Waals surface area contributed by atoms with E-state index in [1.54, 1.807) is 0 Å². The molecule has 3 heteroatoms. The molecule has 0 spiro atoms. The van der Waals surface area contributed by atoms with Crippen molar-refractivity contribution >= 4 is 0 Å². The molecule has 12 heavy (non-hydrogen) atoms. The van der Waals surface area contributed by atoms with E-state index in [0.29, 0.717) is 12.5 Å². The Balaban J connectivity index is 0.000000561. The van der Waals surface area contributed by atoms with Crippen molar-refractivity contribution in [2.45, 2.75) is 19.8 Å². The molecule has 0 aromatic heterocycles. The molecule has 0 radical (unpaired) electrons. The van der Waals surface area contributed by atoms with E-state index in [2.05, 4.69) is 12.2 Å². The van der Waals surface area contributed by atoms with E-state index in [9.17, 15) is 0 Å². The highest BCUT2D eigenvalue weighted by Crippen LogP contribution is 2.20. The fourth-order valence-corrected chi connectivity index (χ4v) is 1.71. The summed E-state index contributed by atoms with van der Waals surface area (Å²) in [6.45, 7) is 4.69. The molecule has 0 aromatic rings. The minimum Gasteiger partial charge on any atom is -0.400 e. The van der Waals surface area contributed by atoms with Crippen LogP contribution in [0.4, 0.5) is 0 Å². The Morgan fingerprint density at radius 3 is 2.33 bits per heavy atom. The zero-order valence-corrected chi connectivity index (χ0v) is 8.08. The summed E-state index contributed by atoms with van der Waals surface area (Å²) in [6.07, 6.45) is 2.50. The summed E-state index contributed by atoms with van der Waals surface area (Å²) in [5.74, 6) is 1.26. The van der Waals surface area contributed by atoms with Gasteiger partial charge in [-0.1, -0.05) is 13.3 Å². The lowest BCUT2D eigenvalue weighted by Crippen LogP contribution is -2.15. The van der Waals surface area contributed by atoms with Gasteiger partial charge in [0.1, 0.15) is 0 Å². The van der Waals surface area contributed by atoms with E-state index in [-0.39, 0.29) is 0 Å². The maximum absolute atomic E-state index is 8.92. The third-order valence-corrected chi connectivity index (χ3v) is 2.37. The van der Waals surface area contributed by atoms with Crippen LogP contribution in [0.1, 0.15) is 19.8 Å². The monoisotopic (exact) mass is 175 g/mol. The number of rotatable bonds is 3. The van der Waals surface area contributed by atoms with Crippen molar-refractivity contribution in [1.82, 2.24) is 5.32 Å². The van der Waals surface area contributed by atoms with E-state index >= 15 is 0 Å². The van der Waals surface area contributed by atoms with Gasteiger partial charge in [0.05, 0.1) is 0 Å². The average Bonchev–Trinajstić information content (AvgIpc) is 2.56. The molecule has 1 fully saturated rings. The smallest absolute Gasteiger partial charge is 0.0474 e. The van der Waals surface area contributed by atoms with Gasteiger partial charge in [0.25, 0.3) is 0 Å². The second kappa shape index (κ2) is 7.53. The molecule has 0 aromatic carbocycles. The fourth-order valence-electron chi connectivity index (χ4n) is 1.71. The molecule has 0 saturated carbocycles. The van der Waals surface area contributed by atoms with Crippen molar-refractivity contribution in [2.24, 2.45) is 11.8 Å². The Morgan fingerprint density at radius 2 is 1.83 bits per heavy atom. The lowest BCUT2D eigenvalue weighted by molar-refractivity contribution is 0.200. The highest BCUT2D eigenvalue weighted by atomic mass is 16.3. The lowest BCUT2D eigenvalue weighted by Gasteiger charge is -2.13. The van der Waals surface area contributed by atoms with E-state index < -0.39 is 0 Å². The lowest BCUT2D eigenvalue weighted by atomic mass is 9.93. The van der Waals surface area contributed by atoms with Crippen LogP contribution in [0.2, 0.25) is 0 Å². The Hall–Kier alpha value is -0.120. The summed E-state index contributed by atoms with van der Waals surface area (Å²) in [5, 5.41) is 19.2. The first-order chi connectivity index (χ1) is 5.88. The standard InChI is InChI=1S/C8H17NO.CH4O/c1-2-3-7-4-9-5-8(7)6-10;1-2/h7-10H,2-6H2,1H3;2H,1H3/t7-,8?;/m0./s1. The van der Waals surface area contributed by atoms with Crippen molar-refractivity contribution < 1.29 is 10.2 Å². The van der Waals surface area contributed by atoms with Crippen molar-refractivity contribution in [3.05, 3.63) is 0 Å². The molecule has 1 unspecified atom stereocenters. The van der Waals surface area contributed by atoms with Gasteiger partial charge in [-0.3, -0.25) is 0 Å². The second-order valence-electron chi connectivity index (χ2n) is 3.15. The molecule has 1 heterocycles. The second-order valence-corrected chi connectivity index (χ2v) is 3.15. The number of hydrogen-bond donors (Lipinski definition) is 3. The zero-order chi connectivity index (χ0) is 9.40. The number of hydrogen-bond acceptors (Lipinski definition) is 3.